The third-order valence-corrected chi connectivity index (χ3v) is 2.84. The average Bonchev–Trinajstić information content (AvgIpc) is 2.87. The number of rotatable bonds is 5. The van der Waals surface area contributed by atoms with Crippen LogP contribution in [0.1, 0.15) is 25.7 Å². The van der Waals surface area contributed by atoms with E-state index in [4.69, 9.17) is 30.5 Å². The molecule has 0 aliphatic carbocycles. The van der Waals surface area contributed by atoms with E-state index >= 15 is 0 Å². The molecule has 0 atom stereocenters. The minimum atomic E-state index is -0.403. The van der Waals surface area contributed by atoms with Gasteiger partial charge in [0.1, 0.15) is 11.5 Å². The molecular formula is C13H17ClO4. The van der Waals surface area contributed by atoms with Crippen LogP contribution in [0.25, 0.3) is 0 Å². The van der Waals surface area contributed by atoms with Crippen molar-refractivity contribution in [2.24, 2.45) is 0 Å². The van der Waals surface area contributed by atoms with Crippen LogP contribution in [-0.4, -0.2) is 26.4 Å². The Hall–Kier alpha value is -0.970. The summed E-state index contributed by atoms with van der Waals surface area (Å²) < 4.78 is 22.0. The van der Waals surface area contributed by atoms with Crippen molar-refractivity contribution in [1.29, 1.82) is 0 Å². The zero-order chi connectivity index (χ0) is 13.0. The maximum atomic E-state index is 6.17. The molecule has 4 nitrogen and oxygen atoms in total. The van der Waals surface area contributed by atoms with Crippen molar-refractivity contribution in [3.63, 3.8) is 0 Å². The van der Waals surface area contributed by atoms with E-state index in [-0.39, 0.29) is 0 Å². The number of benzene rings is 1. The molecule has 0 radical (unpaired) electrons. The average molecular weight is 273 g/mol. The molecule has 100 valence electrons. The summed E-state index contributed by atoms with van der Waals surface area (Å²) in [5.41, 5.74) is 0.808. The number of halogens is 1. The molecule has 0 saturated carbocycles. The molecule has 1 aromatic carbocycles. The molecule has 0 unspecified atom stereocenters. The Morgan fingerprint density at radius 1 is 1.11 bits per heavy atom. The number of hydrogen-bond donors (Lipinski definition) is 0. The summed E-state index contributed by atoms with van der Waals surface area (Å²) in [6.45, 7) is 6.12. The molecule has 1 aliphatic heterocycles. The van der Waals surface area contributed by atoms with E-state index in [1.165, 1.54) is 0 Å². The second-order valence-electron chi connectivity index (χ2n) is 3.76. The molecule has 2 rings (SSSR count). The summed E-state index contributed by atoms with van der Waals surface area (Å²) >= 11 is 6.17. The summed E-state index contributed by atoms with van der Waals surface area (Å²) in [5.74, 6) is 1.31. The fraction of sp³-hybridized carbons (Fsp3) is 0.538. The standard InChI is InChI=1S/C13H17ClO4/c1-3-15-11-8-12(16-4-2)10(14)7-9(11)13-17-5-6-18-13/h7-8,13H,3-6H2,1-2H3. The Balaban J connectivity index is 2.33. The van der Waals surface area contributed by atoms with Gasteiger partial charge in [-0.1, -0.05) is 11.6 Å². The fourth-order valence-electron chi connectivity index (χ4n) is 1.82. The topological polar surface area (TPSA) is 36.9 Å². The largest absolute Gasteiger partial charge is 0.493 e. The molecule has 0 spiro atoms. The van der Waals surface area contributed by atoms with Gasteiger partial charge in [-0.25, -0.2) is 0 Å². The first-order valence-electron chi connectivity index (χ1n) is 6.08. The molecule has 1 fully saturated rings. The second kappa shape index (κ2) is 6.27. The van der Waals surface area contributed by atoms with Crippen LogP contribution >= 0.6 is 11.6 Å². The predicted molar refractivity (Wildman–Crippen MR) is 68.4 cm³/mol. The van der Waals surface area contributed by atoms with E-state index in [9.17, 15) is 0 Å². The molecule has 5 heteroatoms. The van der Waals surface area contributed by atoms with Gasteiger partial charge in [0, 0.05) is 6.07 Å². The molecule has 0 aromatic heterocycles. The highest BCUT2D eigenvalue weighted by atomic mass is 35.5. The lowest BCUT2D eigenvalue weighted by atomic mass is 10.2. The van der Waals surface area contributed by atoms with Gasteiger partial charge < -0.3 is 18.9 Å². The van der Waals surface area contributed by atoms with Gasteiger partial charge in [-0.15, -0.1) is 0 Å². The van der Waals surface area contributed by atoms with E-state index in [0.29, 0.717) is 42.9 Å². The van der Waals surface area contributed by atoms with Crippen molar-refractivity contribution in [3.8, 4) is 11.5 Å². The normalized spacial score (nSPS) is 15.9. The van der Waals surface area contributed by atoms with Gasteiger partial charge in [-0.05, 0) is 19.9 Å². The highest BCUT2D eigenvalue weighted by Gasteiger charge is 2.24. The van der Waals surface area contributed by atoms with Gasteiger partial charge >= 0.3 is 0 Å². The summed E-state index contributed by atoms with van der Waals surface area (Å²) in [6, 6.07) is 3.57. The van der Waals surface area contributed by atoms with Gasteiger partial charge in [-0.3, -0.25) is 0 Å². The summed E-state index contributed by atoms with van der Waals surface area (Å²) in [4.78, 5) is 0. The third kappa shape index (κ3) is 2.88. The third-order valence-electron chi connectivity index (χ3n) is 2.54. The molecule has 1 heterocycles. The van der Waals surface area contributed by atoms with Crippen LogP contribution in [0.3, 0.4) is 0 Å². The minimum Gasteiger partial charge on any atom is -0.493 e. The molecular weight excluding hydrogens is 256 g/mol. The van der Waals surface area contributed by atoms with Gasteiger partial charge in [0.15, 0.2) is 6.29 Å². The van der Waals surface area contributed by atoms with Crippen molar-refractivity contribution >= 4 is 11.6 Å². The molecule has 1 aromatic rings. The maximum absolute atomic E-state index is 6.17. The van der Waals surface area contributed by atoms with Crippen LogP contribution in [0.4, 0.5) is 0 Å². The molecule has 0 bridgehead atoms. The molecule has 0 amide bonds. The zero-order valence-electron chi connectivity index (χ0n) is 10.6. The lowest BCUT2D eigenvalue weighted by molar-refractivity contribution is -0.0457. The van der Waals surface area contributed by atoms with E-state index in [1.807, 2.05) is 13.8 Å². The molecule has 0 N–H and O–H groups in total. The molecule has 1 saturated heterocycles. The van der Waals surface area contributed by atoms with Crippen LogP contribution in [0, 0.1) is 0 Å². The van der Waals surface area contributed by atoms with E-state index in [0.717, 1.165) is 5.56 Å². The van der Waals surface area contributed by atoms with E-state index < -0.39 is 6.29 Å². The smallest absolute Gasteiger partial charge is 0.187 e. The van der Waals surface area contributed by atoms with Crippen LogP contribution in [0.15, 0.2) is 12.1 Å². The van der Waals surface area contributed by atoms with Crippen molar-refractivity contribution < 1.29 is 18.9 Å². The minimum absolute atomic E-state index is 0.403. The molecule has 1 aliphatic rings. The van der Waals surface area contributed by atoms with Crippen LogP contribution in [0.5, 0.6) is 11.5 Å². The monoisotopic (exact) mass is 272 g/mol. The second-order valence-corrected chi connectivity index (χ2v) is 4.17. The Labute approximate surface area is 112 Å². The Morgan fingerprint density at radius 2 is 1.72 bits per heavy atom. The highest BCUT2D eigenvalue weighted by molar-refractivity contribution is 6.32. The lowest BCUT2D eigenvalue weighted by Gasteiger charge is -2.17. The summed E-state index contributed by atoms with van der Waals surface area (Å²) in [6.07, 6.45) is -0.403. The number of hydrogen-bond acceptors (Lipinski definition) is 4. The SMILES string of the molecule is CCOc1cc(OCC)c(C2OCCO2)cc1Cl. The van der Waals surface area contributed by atoms with Gasteiger partial charge in [0.2, 0.25) is 0 Å². The van der Waals surface area contributed by atoms with Crippen molar-refractivity contribution in [2.75, 3.05) is 26.4 Å². The van der Waals surface area contributed by atoms with Crippen molar-refractivity contribution in [2.45, 2.75) is 20.1 Å². The summed E-state index contributed by atoms with van der Waals surface area (Å²) in [7, 11) is 0. The number of ether oxygens (including phenoxy) is 4. The van der Waals surface area contributed by atoms with E-state index in [1.54, 1.807) is 12.1 Å². The molecule has 18 heavy (non-hydrogen) atoms. The van der Waals surface area contributed by atoms with E-state index in [2.05, 4.69) is 0 Å². The lowest BCUT2D eigenvalue weighted by Crippen LogP contribution is -2.04. The summed E-state index contributed by atoms with van der Waals surface area (Å²) in [5, 5.41) is 0.536. The first-order valence-corrected chi connectivity index (χ1v) is 6.46. The van der Waals surface area contributed by atoms with Crippen LogP contribution < -0.4 is 9.47 Å². The van der Waals surface area contributed by atoms with Gasteiger partial charge in [0.25, 0.3) is 0 Å². The van der Waals surface area contributed by atoms with Gasteiger partial charge in [-0.2, -0.15) is 0 Å². The first-order chi connectivity index (χ1) is 8.76. The van der Waals surface area contributed by atoms with Crippen LogP contribution in [0.2, 0.25) is 5.02 Å². The Kier molecular flexibility index (Phi) is 4.69. The zero-order valence-corrected chi connectivity index (χ0v) is 11.3. The highest BCUT2D eigenvalue weighted by Crippen LogP contribution is 2.38. The Bertz CT molecular complexity index is 402. The Morgan fingerprint density at radius 3 is 2.33 bits per heavy atom. The first kappa shape index (κ1) is 13.5. The van der Waals surface area contributed by atoms with Crippen molar-refractivity contribution in [3.05, 3.63) is 22.7 Å². The quantitative estimate of drug-likeness (QED) is 0.825. The van der Waals surface area contributed by atoms with Crippen LogP contribution in [-0.2, 0) is 9.47 Å². The maximum Gasteiger partial charge on any atom is 0.187 e. The predicted octanol–water partition coefficient (Wildman–Crippen LogP) is 3.18. The van der Waals surface area contributed by atoms with Crippen molar-refractivity contribution in [1.82, 2.24) is 0 Å². The fourth-order valence-corrected chi connectivity index (χ4v) is 2.05. The van der Waals surface area contributed by atoms with Gasteiger partial charge in [0.05, 0.1) is 37.0 Å².